The second-order valence-corrected chi connectivity index (χ2v) is 3.24. The highest BCUT2D eigenvalue weighted by Crippen LogP contribution is 2.18. The molecule has 1 aliphatic heterocycles. The summed E-state index contributed by atoms with van der Waals surface area (Å²) in [5.41, 5.74) is 1.70. The van der Waals surface area contributed by atoms with Crippen LogP contribution in [-0.2, 0) is 0 Å². The molecule has 0 aromatic carbocycles. The van der Waals surface area contributed by atoms with Gasteiger partial charge in [0.15, 0.2) is 0 Å². The van der Waals surface area contributed by atoms with Gasteiger partial charge >= 0.3 is 7.12 Å². The molecular formula is C9H11BN2O2. The highest BCUT2D eigenvalue weighted by atomic mass is 16.4. The third-order valence-corrected chi connectivity index (χ3v) is 2.31. The third kappa shape index (κ3) is 1.78. The van der Waals surface area contributed by atoms with Crippen molar-refractivity contribution in [3.05, 3.63) is 36.1 Å². The maximum absolute atomic E-state index is 8.97. The summed E-state index contributed by atoms with van der Waals surface area (Å²) in [6, 6.07) is 3.81. The molecule has 1 aromatic heterocycles. The van der Waals surface area contributed by atoms with Gasteiger partial charge in [-0.1, -0.05) is 6.08 Å². The fraction of sp³-hybridized carbons (Fsp3) is 0.222. The topological polar surface area (TPSA) is 56.6 Å². The number of hydrogen-bond donors (Lipinski definition) is 2. The van der Waals surface area contributed by atoms with E-state index in [1.54, 1.807) is 12.4 Å². The Bertz CT molecular complexity index is 340. The van der Waals surface area contributed by atoms with E-state index in [1.165, 1.54) is 0 Å². The molecular weight excluding hydrogens is 179 g/mol. The Balaban J connectivity index is 2.06. The van der Waals surface area contributed by atoms with Gasteiger partial charge in [-0.25, -0.2) is 0 Å². The summed E-state index contributed by atoms with van der Waals surface area (Å²) < 4.78 is 0. The molecule has 4 nitrogen and oxygen atoms in total. The maximum atomic E-state index is 8.97. The molecule has 5 heteroatoms. The van der Waals surface area contributed by atoms with Crippen molar-refractivity contribution in [1.82, 2.24) is 4.98 Å². The SMILES string of the molecule is OB(O)C1=CCN(c2ccncc2)C1. The molecule has 0 saturated carbocycles. The van der Waals surface area contributed by atoms with Crippen LogP contribution in [0.25, 0.3) is 0 Å². The van der Waals surface area contributed by atoms with E-state index in [0.717, 1.165) is 12.2 Å². The molecule has 2 heterocycles. The van der Waals surface area contributed by atoms with Gasteiger partial charge < -0.3 is 14.9 Å². The largest absolute Gasteiger partial charge is 0.485 e. The van der Waals surface area contributed by atoms with Gasteiger partial charge in [0.2, 0.25) is 0 Å². The van der Waals surface area contributed by atoms with Crippen molar-refractivity contribution in [2.45, 2.75) is 0 Å². The van der Waals surface area contributed by atoms with Crippen LogP contribution in [0.2, 0.25) is 0 Å². The first kappa shape index (κ1) is 9.24. The minimum absolute atomic E-state index is 0.571. The molecule has 0 fully saturated rings. The van der Waals surface area contributed by atoms with Crippen LogP contribution in [0.15, 0.2) is 36.1 Å². The van der Waals surface area contributed by atoms with Gasteiger partial charge in [0, 0.05) is 31.2 Å². The van der Waals surface area contributed by atoms with Crippen molar-refractivity contribution in [3.8, 4) is 0 Å². The van der Waals surface area contributed by atoms with E-state index in [0.29, 0.717) is 12.0 Å². The summed E-state index contributed by atoms with van der Waals surface area (Å²) in [7, 11) is -1.33. The zero-order chi connectivity index (χ0) is 9.97. The second kappa shape index (κ2) is 3.81. The lowest BCUT2D eigenvalue weighted by Crippen LogP contribution is -2.24. The summed E-state index contributed by atoms with van der Waals surface area (Å²) in [6.07, 6.45) is 5.29. The van der Waals surface area contributed by atoms with Crippen molar-refractivity contribution in [2.75, 3.05) is 18.0 Å². The molecule has 0 unspecified atom stereocenters. The average molecular weight is 190 g/mol. The zero-order valence-corrected chi connectivity index (χ0v) is 7.67. The van der Waals surface area contributed by atoms with Gasteiger partial charge in [-0.15, -0.1) is 0 Å². The van der Waals surface area contributed by atoms with Gasteiger partial charge in [-0.05, 0) is 17.6 Å². The number of anilines is 1. The molecule has 2 N–H and O–H groups in total. The van der Waals surface area contributed by atoms with Gasteiger partial charge in [-0.2, -0.15) is 0 Å². The van der Waals surface area contributed by atoms with E-state index in [4.69, 9.17) is 10.0 Å². The minimum Gasteiger partial charge on any atom is -0.423 e. The van der Waals surface area contributed by atoms with Crippen LogP contribution in [0, 0.1) is 0 Å². The van der Waals surface area contributed by atoms with Gasteiger partial charge in [0.05, 0.1) is 0 Å². The van der Waals surface area contributed by atoms with Crippen LogP contribution < -0.4 is 4.90 Å². The Morgan fingerprint density at radius 2 is 2.00 bits per heavy atom. The van der Waals surface area contributed by atoms with E-state index >= 15 is 0 Å². The Morgan fingerprint density at radius 3 is 2.57 bits per heavy atom. The molecule has 0 radical (unpaired) electrons. The first-order valence-corrected chi connectivity index (χ1v) is 4.47. The van der Waals surface area contributed by atoms with Crippen LogP contribution in [0.1, 0.15) is 0 Å². The quantitative estimate of drug-likeness (QED) is 0.636. The standard InChI is InChI=1S/C9H11BN2O2/c13-10(14)8-3-6-12(7-8)9-1-4-11-5-2-9/h1-5,13-14H,6-7H2. The van der Waals surface area contributed by atoms with Gasteiger partial charge in [0.1, 0.15) is 0 Å². The lowest BCUT2D eigenvalue weighted by molar-refractivity contribution is 0.418. The van der Waals surface area contributed by atoms with Gasteiger partial charge in [0.25, 0.3) is 0 Å². The van der Waals surface area contributed by atoms with Crippen LogP contribution in [-0.4, -0.2) is 35.2 Å². The van der Waals surface area contributed by atoms with E-state index in [9.17, 15) is 0 Å². The van der Waals surface area contributed by atoms with Gasteiger partial charge in [-0.3, -0.25) is 4.98 Å². The fourth-order valence-corrected chi connectivity index (χ4v) is 1.52. The number of nitrogens with zero attached hydrogens (tertiary/aromatic N) is 2. The number of rotatable bonds is 2. The molecule has 0 saturated heterocycles. The van der Waals surface area contributed by atoms with Crippen molar-refractivity contribution in [3.63, 3.8) is 0 Å². The fourth-order valence-electron chi connectivity index (χ4n) is 1.52. The normalized spacial score (nSPS) is 15.6. The van der Waals surface area contributed by atoms with E-state index in [1.807, 2.05) is 18.2 Å². The van der Waals surface area contributed by atoms with Crippen LogP contribution in [0.5, 0.6) is 0 Å². The van der Waals surface area contributed by atoms with Crippen molar-refractivity contribution >= 4 is 12.8 Å². The molecule has 1 aromatic rings. The molecule has 0 atom stereocenters. The molecule has 0 aliphatic carbocycles. The monoisotopic (exact) mass is 190 g/mol. The van der Waals surface area contributed by atoms with E-state index in [-0.39, 0.29) is 0 Å². The molecule has 0 spiro atoms. The second-order valence-electron chi connectivity index (χ2n) is 3.24. The summed E-state index contributed by atoms with van der Waals surface area (Å²) in [6.45, 7) is 1.29. The first-order chi connectivity index (χ1) is 6.77. The van der Waals surface area contributed by atoms with Crippen molar-refractivity contribution in [1.29, 1.82) is 0 Å². The number of pyridine rings is 1. The van der Waals surface area contributed by atoms with Crippen molar-refractivity contribution < 1.29 is 10.0 Å². The molecule has 72 valence electrons. The van der Waals surface area contributed by atoms with Crippen LogP contribution in [0.3, 0.4) is 0 Å². The Labute approximate surface area is 82.7 Å². The molecule has 0 amide bonds. The number of aromatic nitrogens is 1. The third-order valence-electron chi connectivity index (χ3n) is 2.31. The Hall–Kier alpha value is -1.33. The van der Waals surface area contributed by atoms with Crippen molar-refractivity contribution in [2.24, 2.45) is 0 Å². The highest BCUT2D eigenvalue weighted by molar-refractivity contribution is 6.51. The maximum Gasteiger partial charge on any atom is 0.485 e. The molecule has 2 rings (SSSR count). The van der Waals surface area contributed by atoms with Crippen LogP contribution in [0.4, 0.5) is 5.69 Å². The summed E-state index contributed by atoms with van der Waals surface area (Å²) in [4.78, 5) is 5.98. The Morgan fingerprint density at radius 1 is 1.29 bits per heavy atom. The highest BCUT2D eigenvalue weighted by Gasteiger charge is 2.22. The summed E-state index contributed by atoms with van der Waals surface area (Å²) in [5, 5.41) is 17.9. The molecule has 0 bridgehead atoms. The van der Waals surface area contributed by atoms with Crippen LogP contribution >= 0.6 is 0 Å². The van der Waals surface area contributed by atoms with E-state index in [2.05, 4.69) is 9.88 Å². The number of hydrogen-bond acceptors (Lipinski definition) is 4. The zero-order valence-electron chi connectivity index (χ0n) is 7.67. The molecule has 14 heavy (non-hydrogen) atoms. The predicted octanol–water partition coefficient (Wildman–Crippen LogP) is -0.160. The Kier molecular flexibility index (Phi) is 2.52. The predicted molar refractivity (Wildman–Crippen MR) is 54.7 cm³/mol. The lowest BCUT2D eigenvalue weighted by atomic mass is 9.80. The van der Waals surface area contributed by atoms with E-state index < -0.39 is 7.12 Å². The smallest absolute Gasteiger partial charge is 0.423 e. The first-order valence-electron chi connectivity index (χ1n) is 4.47. The summed E-state index contributed by atoms with van der Waals surface area (Å²) >= 11 is 0. The summed E-state index contributed by atoms with van der Waals surface area (Å²) in [5.74, 6) is 0. The molecule has 1 aliphatic rings. The minimum atomic E-state index is -1.33. The lowest BCUT2D eigenvalue weighted by Gasteiger charge is -2.18. The average Bonchev–Trinajstić information content (AvgIpc) is 2.68.